The molecule has 0 fully saturated rings. The Hall–Kier alpha value is -2.06. The lowest BCUT2D eigenvalue weighted by molar-refractivity contribution is -0.137. The Balaban J connectivity index is 2.82. The lowest BCUT2D eigenvalue weighted by Gasteiger charge is -2.11. The highest BCUT2D eigenvalue weighted by molar-refractivity contribution is 5.69. The van der Waals surface area contributed by atoms with Crippen LogP contribution in [0.4, 0.5) is 35.1 Å². The van der Waals surface area contributed by atoms with Crippen molar-refractivity contribution in [2.75, 3.05) is 0 Å². The minimum absolute atomic E-state index is 0.355. The molecule has 1 nitrogen and oxygen atoms in total. The fourth-order valence-electron chi connectivity index (χ4n) is 1.65. The van der Waals surface area contributed by atoms with E-state index in [1.807, 2.05) is 4.98 Å². The van der Waals surface area contributed by atoms with Gasteiger partial charge in [-0.2, -0.15) is 13.2 Å². The van der Waals surface area contributed by atoms with Gasteiger partial charge in [-0.3, -0.25) is 0 Å². The molecule has 0 saturated carbocycles. The van der Waals surface area contributed by atoms with Crippen LogP contribution in [0.25, 0.3) is 11.1 Å². The Morgan fingerprint density at radius 2 is 1.15 bits per heavy atom. The molecule has 0 bridgehead atoms. The van der Waals surface area contributed by atoms with Crippen LogP contribution in [0.2, 0.25) is 0 Å². The van der Waals surface area contributed by atoms with Gasteiger partial charge in [0.05, 0.1) is 11.1 Å². The fraction of sp³-hybridized carbons (Fsp3) is 0.0909. The van der Waals surface area contributed by atoms with Crippen LogP contribution >= 0.6 is 0 Å². The van der Waals surface area contributed by atoms with Gasteiger partial charge in [0, 0.05) is 18.0 Å². The summed E-state index contributed by atoms with van der Waals surface area (Å²) in [7, 11) is 0. The van der Waals surface area contributed by atoms with Gasteiger partial charge >= 0.3 is 6.18 Å². The number of nitrogens with one attached hydrogen (secondary N) is 1. The number of hydrogen-bond acceptors (Lipinski definition) is 0. The van der Waals surface area contributed by atoms with Gasteiger partial charge in [-0.25, -0.2) is 22.0 Å². The molecule has 108 valence electrons. The summed E-state index contributed by atoms with van der Waals surface area (Å²) in [6, 6.07) is 0. The Labute approximate surface area is 105 Å². The summed E-state index contributed by atoms with van der Waals surface area (Å²) in [4.78, 5) is 1.92. The number of hydrogen-bond donors (Lipinski definition) is 1. The molecule has 0 aliphatic heterocycles. The van der Waals surface area contributed by atoms with Crippen LogP contribution in [0.1, 0.15) is 5.56 Å². The van der Waals surface area contributed by atoms with E-state index in [4.69, 9.17) is 0 Å². The van der Waals surface area contributed by atoms with Crippen molar-refractivity contribution in [3.8, 4) is 11.1 Å². The Morgan fingerprint density at radius 1 is 0.700 bits per heavy atom. The maximum Gasteiger partial charge on any atom is 0.418 e. The largest absolute Gasteiger partial charge is 0.418 e. The fourth-order valence-corrected chi connectivity index (χ4v) is 1.65. The average Bonchev–Trinajstić information content (AvgIpc) is 2.83. The molecule has 0 aliphatic rings. The highest BCUT2D eigenvalue weighted by Gasteiger charge is 2.37. The van der Waals surface area contributed by atoms with Crippen molar-refractivity contribution in [1.82, 2.24) is 4.98 Å². The average molecular weight is 301 g/mol. The first-order chi connectivity index (χ1) is 9.16. The molecule has 0 radical (unpaired) electrons. The molecule has 1 N–H and O–H groups in total. The summed E-state index contributed by atoms with van der Waals surface area (Å²) in [5.41, 5.74) is -4.33. The van der Waals surface area contributed by atoms with Gasteiger partial charge in [-0.1, -0.05) is 0 Å². The topological polar surface area (TPSA) is 15.8 Å². The summed E-state index contributed by atoms with van der Waals surface area (Å²) in [6.07, 6.45) is -4.16. The molecule has 2 aromatic rings. The van der Waals surface area contributed by atoms with E-state index in [2.05, 4.69) is 0 Å². The summed E-state index contributed by atoms with van der Waals surface area (Å²) in [6.45, 7) is 0. The lowest BCUT2D eigenvalue weighted by atomic mass is 10.0. The van der Waals surface area contributed by atoms with Crippen LogP contribution in [0.15, 0.2) is 12.4 Å². The van der Waals surface area contributed by atoms with E-state index >= 15 is 0 Å². The molecule has 2 rings (SSSR count). The van der Waals surface area contributed by atoms with Gasteiger partial charge in [-0.05, 0) is 0 Å². The highest BCUT2D eigenvalue weighted by atomic mass is 19.4. The Morgan fingerprint density at radius 3 is 1.60 bits per heavy atom. The summed E-state index contributed by atoms with van der Waals surface area (Å²) in [5, 5.41) is 0. The molecular formula is C11H3F8N. The molecule has 0 atom stereocenters. The molecule has 0 saturated heterocycles. The number of H-pyrrole nitrogens is 1. The van der Waals surface area contributed by atoms with Crippen molar-refractivity contribution in [3.63, 3.8) is 0 Å². The first kappa shape index (κ1) is 14.4. The van der Waals surface area contributed by atoms with E-state index in [1.165, 1.54) is 0 Å². The van der Waals surface area contributed by atoms with E-state index in [-0.39, 0.29) is 0 Å². The number of rotatable bonds is 1. The normalized spacial score (nSPS) is 12.0. The minimum atomic E-state index is -5.02. The van der Waals surface area contributed by atoms with Crippen molar-refractivity contribution in [3.05, 3.63) is 47.0 Å². The van der Waals surface area contributed by atoms with Crippen LogP contribution in [0, 0.1) is 29.1 Å². The van der Waals surface area contributed by atoms with Crippen LogP contribution in [-0.4, -0.2) is 4.98 Å². The minimum Gasteiger partial charge on any atom is -0.366 e. The smallest absolute Gasteiger partial charge is 0.366 e. The van der Waals surface area contributed by atoms with E-state index in [0.29, 0.717) is 12.4 Å². The van der Waals surface area contributed by atoms with Crippen LogP contribution in [-0.2, 0) is 6.18 Å². The van der Waals surface area contributed by atoms with E-state index in [9.17, 15) is 35.1 Å². The van der Waals surface area contributed by atoms with E-state index < -0.39 is 52.0 Å². The first-order valence-electron chi connectivity index (χ1n) is 4.92. The van der Waals surface area contributed by atoms with E-state index in [1.54, 1.807) is 0 Å². The highest BCUT2D eigenvalue weighted by Crippen LogP contribution is 2.40. The Bertz CT molecular complexity index is 641. The number of aromatic nitrogens is 1. The third-order valence-electron chi connectivity index (χ3n) is 2.53. The number of alkyl halides is 3. The summed E-state index contributed by atoms with van der Waals surface area (Å²) < 4.78 is 103. The number of halogens is 8. The van der Waals surface area contributed by atoms with Gasteiger partial charge in [-0.15, -0.1) is 0 Å². The van der Waals surface area contributed by atoms with Gasteiger partial charge in [0.1, 0.15) is 0 Å². The van der Waals surface area contributed by atoms with E-state index in [0.717, 1.165) is 0 Å². The maximum atomic E-state index is 13.4. The second kappa shape index (κ2) is 4.50. The predicted octanol–water partition coefficient (Wildman–Crippen LogP) is 4.40. The van der Waals surface area contributed by atoms with Crippen molar-refractivity contribution in [1.29, 1.82) is 0 Å². The predicted molar refractivity (Wildman–Crippen MR) is 51.0 cm³/mol. The summed E-state index contributed by atoms with van der Waals surface area (Å²) >= 11 is 0. The van der Waals surface area contributed by atoms with Crippen molar-refractivity contribution < 1.29 is 35.1 Å². The van der Waals surface area contributed by atoms with Crippen LogP contribution in [0.5, 0.6) is 0 Å². The molecule has 0 amide bonds. The van der Waals surface area contributed by atoms with Gasteiger partial charge in [0.15, 0.2) is 23.3 Å². The molecule has 0 unspecified atom stereocenters. The third-order valence-corrected chi connectivity index (χ3v) is 2.53. The van der Waals surface area contributed by atoms with Crippen molar-refractivity contribution >= 4 is 0 Å². The molecule has 0 aliphatic carbocycles. The lowest BCUT2D eigenvalue weighted by Crippen LogP contribution is -2.09. The third kappa shape index (κ3) is 2.02. The summed E-state index contributed by atoms with van der Waals surface area (Å²) in [5.74, 6) is -11.7. The van der Waals surface area contributed by atoms with Gasteiger partial charge in [0.25, 0.3) is 0 Å². The second-order valence-electron chi connectivity index (χ2n) is 3.73. The van der Waals surface area contributed by atoms with Gasteiger partial charge in [0.2, 0.25) is 5.82 Å². The zero-order chi connectivity index (χ0) is 15.2. The molecule has 1 aromatic heterocycles. The zero-order valence-corrected chi connectivity index (χ0v) is 9.18. The monoisotopic (exact) mass is 301 g/mol. The molecule has 20 heavy (non-hydrogen) atoms. The molecule has 9 heteroatoms. The molecule has 1 heterocycles. The molecular weight excluding hydrogens is 298 g/mol. The van der Waals surface area contributed by atoms with Crippen molar-refractivity contribution in [2.45, 2.75) is 6.18 Å². The number of benzene rings is 1. The quantitative estimate of drug-likeness (QED) is 0.456. The maximum absolute atomic E-state index is 13.4. The first-order valence-corrected chi connectivity index (χ1v) is 4.92. The molecule has 1 aromatic carbocycles. The van der Waals surface area contributed by atoms with Crippen LogP contribution < -0.4 is 0 Å². The van der Waals surface area contributed by atoms with Crippen molar-refractivity contribution in [2.24, 2.45) is 0 Å². The SMILES string of the molecule is Fc1c(F)c(F)c(-c2c[nH]cc2C(F)(F)F)c(F)c1F. The van der Waals surface area contributed by atoms with Gasteiger partial charge < -0.3 is 4.98 Å². The second-order valence-corrected chi connectivity index (χ2v) is 3.73. The Kier molecular flexibility index (Phi) is 3.23. The van der Waals surface area contributed by atoms with Crippen LogP contribution in [0.3, 0.4) is 0 Å². The molecule has 0 spiro atoms. The zero-order valence-electron chi connectivity index (χ0n) is 9.18. The standard InChI is InChI=1S/C11H3F8N/c12-6-5(7(13)9(15)10(16)8(6)14)3-1-20-2-4(3)11(17,18)19/h1-2,20H. The number of aromatic amines is 1.